The van der Waals surface area contributed by atoms with Gasteiger partial charge in [0.15, 0.2) is 0 Å². The quantitative estimate of drug-likeness (QED) is 0.575. The highest BCUT2D eigenvalue weighted by molar-refractivity contribution is 7.10. The summed E-state index contributed by atoms with van der Waals surface area (Å²) in [7, 11) is 2.46. The normalized spacial score (nSPS) is 36.2. The molecule has 2 atom stereocenters. The van der Waals surface area contributed by atoms with Crippen LogP contribution in [0, 0.1) is 0 Å². The minimum atomic E-state index is 0.926. The molecule has 3 heterocycles. The number of likely N-dealkylation sites (N-methyl/N-ethyl adjacent to an activating group) is 1. The molecular formula is C12H18NS+. The maximum atomic E-state index is 2.46. The van der Waals surface area contributed by atoms with Crippen LogP contribution in [0.5, 0.6) is 0 Å². The van der Waals surface area contributed by atoms with Gasteiger partial charge in [0.25, 0.3) is 0 Å². The molecule has 0 N–H and O–H groups in total. The van der Waals surface area contributed by atoms with Gasteiger partial charge in [-0.05, 0) is 24.3 Å². The molecule has 3 rings (SSSR count). The lowest BCUT2D eigenvalue weighted by molar-refractivity contribution is -0.952. The van der Waals surface area contributed by atoms with Crippen molar-refractivity contribution >= 4 is 11.3 Å². The Morgan fingerprint density at radius 2 is 2.36 bits per heavy atom. The molecule has 0 saturated carbocycles. The van der Waals surface area contributed by atoms with Gasteiger partial charge in [0.05, 0.1) is 19.6 Å². The van der Waals surface area contributed by atoms with Gasteiger partial charge in [0.2, 0.25) is 0 Å². The Labute approximate surface area is 89.9 Å². The van der Waals surface area contributed by atoms with Gasteiger partial charge in [-0.3, -0.25) is 0 Å². The van der Waals surface area contributed by atoms with E-state index in [2.05, 4.69) is 18.5 Å². The summed E-state index contributed by atoms with van der Waals surface area (Å²) >= 11 is 1.97. The van der Waals surface area contributed by atoms with Crippen molar-refractivity contribution in [1.29, 1.82) is 0 Å². The Balaban J connectivity index is 1.96. The first-order valence-electron chi connectivity index (χ1n) is 5.67. The maximum absolute atomic E-state index is 2.46. The van der Waals surface area contributed by atoms with Crippen molar-refractivity contribution in [1.82, 2.24) is 0 Å². The Morgan fingerprint density at radius 3 is 3.29 bits per heavy atom. The largest absolute Gasteiger partial charge is 0.320 e. The van der Waals surface area contributed by atoms with E-state index >= 15 is 0 Å². The molecule has 76 valence electrons. The summed E-state index contributed by atoms with van der Waals surface area (Å²) in [6.45, 7) is 2.70. The Morgan fingerprint density at radius 1 is 1.43 bits per heavy atom. The molecule has 14 heavy (non-hydrogen) atoms. The lowest BCUT2D eigenvalue weighted by atomic mass is 9.90. The van der Waals surface area contributed by atoms with Gasteiger partial charge >= 0.3 is 0 Å². The summed E-state index contributed by atoms with van der Waals surface area (Å²) in [5.41, 5.74) is 1.63. The van der Waals surface area contributed by atoms with E-state index < -0.39 is 0 Å². The lowest BCUT2D eigenvalue weighted by Gasteiger charge is -2.47. The van der Waals surface area contributed by atoms with E-state index in [0.717, 1.165) is 6.04 Å². The van der Waals surface area contributed by atoms with Crippen LogP contribution >= 0.6 is 11.3 Å². The van der Waals surface area contributed by atoms with Gasteiger partial charge in [-0.2, -0.15) is 0 Å². The third-order valence-corrected chi connectivity index (χ3v) is 5.11. The van der Waals surface area contributed by atoms with Crippen LogP contribution in [0.4, 0.5) is 0 Å². The van der Waals surface area contributed by atoms with E-state index in [1.54, 1.807) is 10.4 Å². The van der Waals surface area contributed by atoms with Crippen molar-refractivity contribution in [2.45, 2.75) is 38.3 Å². The summed E-state index contributed by atoms with van der Waals surface area (Å²) in [4.78, 5) is 1.67. The van der Waals surface area contributed by atoms with Gasteiger partial charge in [-0.25, -0.2) is 0 Å². The number of thiophene rings is 1. The molecule has 1 fully saturated rings. The molecule has 1 nitrogen and oxygen atoms in total. The highest BCUT2D eigenvalue weighted by Crippen LogP contribution is 2.36. The molecule has 1 saturated heterocycles. The van der Waals surface area contributed by atoms with Crippen molar-refractivity contribution < 1.29 is 4.48 Å². The predicted molar refractivity (Wildman–Crippen MR) is 60.4 cm³/mol. The van der Waals surface area contributed by atoms with E-state index in [0.29, 0.717) is 0 Å². The summed E-state index contributed by atoms with van der Waals surface area (Å²) in [6.07, 6.45) is 5.70. The van der Waals surface area contributed by atoms with Crippen molar-refractivity contribution in [3.8, 4) is 0 Å². The van der Waals surface area contributed by atoms with Crippen LogP contribution in [-0.4, -0.2) is 24.1 Å². The minimum absolute atomic E-state index is 0.926. The molecule has 1 aromatic rings. The van der Waals surface area contributed by atoms with E-state index in [1.807, 2.05) is 11.3 Å². The van der Waals surface area contributed by atoms with Gasteiger partial charge in [0, 0.05) is 23.3 Å². The number of quaternary nitrogens is 1. The fourth-order valence-electron chi connectivity index (χ4n) is 3.17. The minimum Gasteiger partial charge on any atom is -0.320 e. The fourth-order valence-corrected chi connectivity index (χ4v) is 4.14. The average molecular weight is 208 g/mol. The number of hydrogen-bond donors (Lipinski definition) is 0. The standard InChI is InChI=1S/C12H18NS/c1-13-6-3-2-4-11(13)8-12-10(9-13)5-7-14-12/h5,7,11H,2-4,6,8-9H2,1H3/q+1/t11-,13-/m1/s1. The monoisotopic (exact) mass is 208 g/mol. The summed E-state index contributed by atoms with van der Waals surface area (Å²) in [5, 5.41) is 2.27. The zero-order valence-corrected chi connectivity index (χ0v) is 9.65. The Hall–Kier alpha value is -0.340. The molecule has 0 aliphatic carbocycles. The lowest BCUT2D eigenvalue weighted by Crippen LogP contribution is -2.57. The molecule has 1 aromatic heterocycles. The van der Waals surface area contributed by atoms with Crippen LogP contribution in [0.15, 0.2) is 11.4 Å². The molecule has 0 bridgehead atoms. The first-order valence-corrected chi connectivity index (χ1v) is 6.55. The highest BCUT2D eigenvalue weighted by atomic mass is 32.1. The third kappa shape index (κ3) is 1.24. The highest BCUT2D eigenvalue weighted by Gasteiger charge is 2.40. The second kappa shape index (κ2) is 3.07. The topological polar surface area (TPSA) is 0 Å². The Bertz CT molecular complexity index is 344. The van der Waals surface area contributed by atoms with E-state index in [9.17, 15) is 0 Å². The number of rotatable bonds is 0. The smallest absolute Gasteiger partial charge is 0.105 e. The summed E-state index contributed by atoms with van der Waals surface area (Å²) < 4.78 is 1.32. The van der Waals surface area contributed by atoms with Crippen molar-refractivity contribution in [2.75, 3.05) is 13.6 Å². The second-order valence-corrected chi connectivity index (χ2v) is 6.08. The van der Waals surface area contributed by atoms with Crippen LogP contribution in [0.2, 0.25) is 0 Å². The van der Waals surface area contributed by atoms with Crippen molar-refractivity contribution in [3.63, 3.8) is 0 Å². The molecule has 0 unspecified atom stereocenters. The zero-order valence-electron chi connectivity index (χ0n) is 8.83. The number of fused-ring (bicyclic) bond motifs is 2. The van der Waals surface area contributed by atoms with Crippen LogP contribution in [0.3, 0.4) is 0 Å². The van der Waals surface area contributed by atoms with Crippen LogP contribution in [0.1, 0.15) is 29.7 Å². The molecule has 0 radical (unpaired) electrons. The molecular weight excluding hydrogens is 190 g/mol. The SMILES string of the molecule is C[N@+]12CCCC[C@@H]1Cc1sccc1C2. The van der Waals surface area contributed by atoms with E-state index in [-0.39, 0.29) is 0 Å². The number of nitrogens with zero attached hydrogens (tertiary/aromatic N) is 1. The van der Waals surface area contributed by atoms with Crippen LogP contribution < -0.4 is 0 Å². The number of piperidine rings is 1. The van der Waals surface area contributed by atoms with Gasteiger partial charge in [-0.1, -0.05) is 0 Å². The number of hydrogen-bond acceptors (Lipinski definition) is 1. The second-order valence-electron chi connectivity index (χ2n) is 5.08. The maximum Gasteiger partial charge on any atom is 0.105 e. The van der Waals surface area contributed by atoms with Gasteiger partial charge < -0.3 is 4.48 Å². The zero-order chi connectivity index (χ0) is 9.60. The average Bonchev–Trinajstić information content (AvgIpc) is 2.59. The van der Waals surface area contributed by atoms with Crippen LogP contribution in [0.25, 0.3) is 0 Å². The van der Waals surface area contributed by atoms with Crippen LogP contribution in [-0.2, 0) is 13.0 Å². The molecule has 2 aliphatic rings. The van der Waals surface area contributed by atoms with E-state index in [4.69, 9.17) is 0 Å². The predicted octanol–water partition coefficient (Wildman–Crippen LogP) is 2.80. The summed E-state index contributed by atoms with van der Waals surface area (Å²) in [6, 6.07) is 3.27. The Kier molecular flexibility index (Phi) is 1.96. The molecule has 0 amide bonds. The summed E-state index contributed by atoms with van der Waals surface area (Å²) in [5.74, 6) is 0. The molecule has 2 aliphatic heterocycles. The first kappa shape index (κ1) is 8.93. The van der Waals surface area contributed by atoms with Crippen molar-refractivity contribution in [3.05, 3.63) is 21.9 Å². The molecule has 0 aromatic carbocycles. The van der Waals surface area contributed by atoms with E-state index in [1.165, 1.54) is 43.3 Å². The first-order chi connectivity index (χ1) is 6.78. The van der Waals surface area contributed by atoms with Gasteiger partial charge in [-0.15, -0.1) is 11.3 Å². The molecule has 2 heteroatoms. The van der Waals surface area contributed by atoms with Crippen molar-refractivity contribution in [2.24, 2.45) is 0 Å². The van der Waals surface area contributed by atoms with Gasteiger partial charge in [0.1, 0.15) is 6.54 Å². The third-order valence-electron chi connectivity index (χ3n) is 4.13. The fraction of sp³-hybridized carbons (Fsp3) is 0.667. The molecule has 0 spiro atoms.